The minimum atomic E-state index is -0.239. The van der Waals surface area contributed by atoms with Crippen molar-refractivity contribution in [3.63, 3.8) is 0 Å². The predicted octanol–water partition coefficient (Wildman–Crippen LogP) is 2.84. The van der Waals surface area contributed by atoms with Crippen LogP contribution in [0.5, 0.6) is 0 Å². The summed E-state index contributed by atoms with van der Waals surface area (Å²) in [5, 5.41) is 6.98. The van der Waals surface area contributed by atoms with E-state index < -0.39 is 0 Å². The molecule has 2 unspecified atom stereocenters. The Labute approximate surface area is 181 Å². The number of rotatable bonds is 3. The Morgan fingerprint density at radius 3 is 2.48 bits per heavy atom. The number of ether oxygens (including phenoxy) is 2. The number of hydrogen-bond acceptors (Lipinski definition) is 4. The minimum absolute atomic E-state index is 0. The molecule has 0 aliphatic carbocycles. The van der Waals surface area contributed by atoms with E-state index in [-0.39, 0.29) is 41.6 Å². The molecule has 27 heavy (non-hydrogen) atoms. The third kappa shape index (κ3) is 7.29. The largest absolute Gasteiger partial charge is 0.453 e. The third-order valence-electron chi connectivity index (χ3n) is 5.32. The molecule has 8 heteroatoms. The molecule has 2 fully saturated rings. The minimum Gasteiger partial charge on any atom is -0.453 e. The highest BCUT2D eigenvalue weighted by Gasteiger charge is 2.35. The zero-order valence-corrected chi connectivity index (χ0v) is 19.7. The first-order valence-corrected chi connectivity index (χ1v) is 9.76. The lowest BCUT2D eigenvalue weighted by Crippen LogP contribution is -2.52. The lowest BCUT2D eigenvalue weighted by molar-refractivity contribution is -0.0835. The lowest BCUT2D eigenvalue weighted by Gasteiger charge is -2.40. The third-order valence-corrected chi connectivity index (χ3v) is 5.32. The van der Waals surface area contributed by atoms with Gasteiger partial charge < -0.3 is 25.0 Å². The van der Waals surface area contributed by atoms with E-state index in [1.54, 1.807) is 11.9 Å². The van der Waals surface area contributed by atoms with Crippen molar-refractivity contribution in [2.45, 2.75) is 58.6 Å². The molecule has 2 N–H and O–H groups in total. The number of amides is 1. The molecular formula is C19H37IN4O3. The summed E-state index contributed by atoms with van der Waals surface area (Å²) < 4.78 is 10.9. The maximum atomic E-state index is 11.6. The maximum Gasteiger partial charge on any atom is 0.409 e. The van der Waals surface area contributed by atoms with Crippen molar-refractivity contribution in [1.29, 1.82) is 0 Å². The number of carbonyl (C=O) groups is 1. The van der Waals surface area contributed by atoms with Crippen LogP contribution >= 0.6 is 24.0 Å². The molecule has 1 amide bonds. The summed E-state index contributed by atoms with van der Waals surface area (Å²) in [6, 6.07) is 0.322. The van der Waals surface area contributed by atoms with Gasteiger partial charge in [-0.05, 0) is 31.1 Å². The molecule has 2 heterocycles. The zero-order valence-electron chi connectivity index (χ0n) is 17.4. The van der Waals surface area contributed by atoms with Crippen LogP contribution in [0.1, 0.15) is 46.5 Å². The molecule has 0 saturated carbocycles. The fraction of sp³-hybridized carbons (Fsp3) is 0.895. The van der Waals surface area contributed by atoms with Gasteiger partial charge in [0.1, 0.15) is 0 Å². The molecule has 2 saturated heterocycles. The van der Waals surface area contributed by atoms with Gasteiger partial charge in [0.2, 0.25) is 0 Å². The van der Waals surface area contributed by atoms with Crippen LogP contribution in [0.3, 0.4) is 0 Å². The molecule has 2 rings (SSSR count). The van der Waals surface area contributed by atoms with Crippen LogP contribution in [0.4, 0.5) is 4.79 Å². The summed E-state index contributed by atoms with van der Waals surface area (Å²) in [7, 11) is 3.23. The maximum absolute atomic E-state index is 11.6. The quantitative estimate of drug-likeness (QED) is 0.357. The summed E-state index contributed by atoms with van der Waals surface area (Å²) in [5.74, 6) is 1.32. The molecule has 2 aliphatic heterocycles. The van der Waals surface area contributed by atoms with E-state index in [2.05, 4.69) is 36.4 Å². The number of hydrogen-bond donors (Lipinski definition) is 2. The van der Waals surface area contributed by atoms with Gasteiger partial charge in [-0.1, -0.05) is 20.8 Å². The van der Waals surface area contributed by atoms with E-state index in [1.807, 2.05) is 0 Å². The molecule has 0 aromatic heterocycles. The van der Waals surface area contributed by atoms with Gasteiger partial charge in [-0.2, -0.15) is 0 Å². The molecular weight excluding hydrogens is 459 g/mol. The van der Waals surface area contributed by atoms with Crippen LogP contribution in [-0.4, -0.2) is 69.5 Å². The van der Waals surface area contributed by atoms with E-state index in [4.69, 9.17) is 9.47 Å². The number of carbonyl (C=O) groups excluding carboxylic acids is 1. The highest BCUT2D eigenvalue weighted by Crippen LogP contribution is 2.33. The second kappa shape index (κ2) is 11.3. The topological polar surface area (TPSA) is 75.2 Å². The van der Waals surface area contributed by atoms with Gasteiger partial charge >= 0.3 is 6.09 Å². The SMILES string of the molecule is CN=C(NCC1CCCOC1C(C)(C)C)NC1CCN(C(=O)OC)CC1.I. The van der Waals surface area contributed by atoms with Crippen LogP contribution in [0.2, 0.25) is 0 Å². The smallest absolute Gasteiger partial charge is 0.409 e. The monoisotopic (exact) mass is 496 g/mol. The molecule has 0 aromatic carbocycles. The second-order valence-electron chi connectivity index (χ2n) is 8.39. The zero-order chi connectivity index (χ0) is 19.2. The molecule has 7 nitrogen and oxygen atoms in total. The first-order chi connectivity index (χ1) is 12.3. The molecule has 2 atom stereocenters. The highest BCUT2D eigenvalue weighted by molar-refractivity contribution is 14.0. The fourth-order valence-electron chi connectivity index (χ4n) is 3.96. The van der Waals surface area contributed by atoms with E-state index in [0.29, 0.717) is 25.0 Å². The summed E-state index contributed by atoms with van der Waals surface area (Å²) in [6.45, 7) is 9.90. The van der Waals surface area contributed by atoms with Crippen LogP contribution in [0.15, 0.2) is 4.99 Å². The Kier molecular flexibility index (Phi) is 10.1. The number of guanidine groups is 1. The Hall–Kier alpha value is -0.770. The molecule has 0 radical (unpaired) electrons. The summed E-state index contributed by atoms with van der Waals surface area (Å²) >= 11 is 0. The van der Waals surface area contributed by atoms with Crippen molar-refractivity contribution < 1.29 is 14.3 Å². The van der Waals surface area contributed by atoms with Gasteiger partial charge in [0.25, 0.3) is 0 Å². The molecule has 0 spiro atoms. The van der Waals surface area contributed by atoms with Crippen molar-refractivity contribution in [2.75, 3.05) is 40.4 Å². The normalized spacial score (nSPS) is 24.8. The number of likely N-dealkylation sites (tertiary alicyclic amines) is 1. The number of nitrogens with zero attached hydrogens (tertiary/aromatic N) is 2. The van der Waals surface area contributed by atoms with Gasteiger partial charge in [-0.3, -0.25) is 4.99 Å². The van der Waals surface area contributed by atoms with Crippen molar-refractivity contribution in [3.8, 4) is 0 Å². The molecule has 2 aliphatic rings. The average Bonchev–Trinajstić information content (AvgIpc) is 2.64. The number of methoxy groups -OCH3 is 1. The summed E-state index contributed by atoms with van der Waals surface area (Å²) in [6.07, 6.45) is 4.13. The first-order valence-electron chi connectivity index (χ1n) is 9.76. The van der Waals surface area contributed by atoms with Gasteiger partial charge in [0, 0.05) is 45.2 Å². The van der Waals surface area contributed by atoms with Crippen molar-refractivity contribution in [2.24, 2.45) is 16.3 Å². The van der Waals surface area contributed by atoms with Crippen LogP contribution in [0, 0.1) is 11.3 Å². The number of halogens is 1. The number of aliphatic imine (C=N–C) groups is 1. The van der Waals surface area contributed by atoms with E-state index in [1.165, 1.54) is 13.5 Å². The van der Waals surface area contributed by atoms with E-state index in [0.717, 1.165) is 38.4 Å². The van der Waals surface area contributed by atoms with Gasteiger partial charge in [-0.25, -0.2) is 4.79 Å². The standard InChI is InChI=1S/C19H36N4O3.HI/c1-19(2,3)16-14(7-6-12-26-16)13-21-17(20-4)22-15-8-10-23(11-9-15)18(24)25-5;/h14-16H,6-13H2,1-5H3,(H2,20,21,22);1H. The van der Waals surface area contributed by atoms with Gasteiger partial charge in [-0.15, -0.1) is 24.0 Å². The van der Waals surface area contributed by atoms with Crippen LogP contribution < -0.4 is 10.6 Å². The van der Waals surface area contributed by atoms with Crippen molar-refractivity contribution in [1.82, 2.24) is 15.5 Å². The molecule has 158 valence electrons. The summed E-state index contributed by atoms with van der Waals surface area (Å²) in [5.41, 5.74) is 0.143. The molecule has 0 bridgehead atoms. The Bertz CT molecular complexity index is 488. The fourth-order valence-corrected chi connectivity index (χ4v) is 3.96. The highest BCUT2D eigenvalue weighted by atomic mass is 127. The van der Waals surface area contributed by atoms with E-state index >= 15 is 0 Å². The number of nitrogens with one attached hydrogen (secondary N) is 2. The lowest BCUT2D eigenvalue weighted by atomic mass is 9.78. The van der Waals surface area contributed by atoms with Crippen molar-refractivity contribution in [3.05, 3.63) is 0 Å². The Morgan fingerprint density at radius 1 is 1.26 bits per heavy atom. The summed E-state index contributed by atoms with van der Waals surface area (Å²) in [4.78, 5) is 17.7. The van der Waals surface area contributed by atoms with Crippen LogP contribution in [-0.2, 0) is 9.47 Å². The first kappa shape index (κ1) is 24.3. The van der Waals surface area contributed by atoms with Crippen LogP contribution in [0.25, 0.3) is 0 Å². The predicted molar refractivity (Wildman–Crippen MR) is 119 cm³/mol. The van der Waals surface area contributed by atoms with Gasteiger partial charge in [0.15, 0.2) is 5.96 Å². The number of piperidine rings is 1. The second-order valence-corrected chi connectivity index (χ2v) is 8.39. The Morgan fingerprint density at radius 2 is 1.93 bits per heavy atom. The molecule has 0 aromatic rings. The van der Waals surface area contributed by atoms with Gasteiger partial charge in [0.05, 0.1) is 13.2 Å². The average molecular weight is 496 g/mol. The Balaban J connectivity index is 0.00000364. The van der Waals surface area contributed by atoms with E-state index in [9.17, 15) is 4.79 Å². The van der Waals surface area contributed by atoms with Crippen molar-refractivity contribution >= 4 is 36.0 Å².